The van der Waals surface area contributed by atoms with Gasteiger partial charge in [-0.1, -0.05) is 26.0 Å². The number of aliphatic hydroxyl groups excluding tert-OH is 2. The van der Waals surface area contributed by atoms with Crippen LogP contribution in [0.5, 0.6) is 5.75 Å². The molecule has 3 aromatic rings. The number of thiophene rings is 1. The van der Waals surface area contributed by atoms with Gasteiger partial charge in [-0.2, -0.15) is 11.3 Å². The lowest BCUT2D eigenvalue weighted by atomic mass is 9.47. The average Bonchev–Trinajstić information content (AvgIpc) is 3.57. The number of nitrogens with one attached hydrogen (secondary N) is 1. The highest BCUT2D eigenvalue weighted by Crippen LogP contribution is 2.62. The van der Waals surface area contributed by atoms with Crippen molar-refractivity contribution in [3.05, 3.63) is 57.2 Å². The van der Waals surface area contributed by atoms with Crippen molar-refractivity contribution in [2.24, 2.45) is 16.7 Å². The van der Waals surface area contributed by atoms with Crippen LogP contribution in [0, 0.1) is 16.7 Å². The van der Waals surface area contributed by atoms with Crippen molar-refractivity contribution < 1.29 is 19.7 Å². The van der Waals surface area contributed by atoms with Gasteiger partial charge in [-0.25, -0.2) is 4.98 Å². The number of rotatable bonds is 7. The molecule has 0 aliphatic heterocycles. The Balaban J connectivity index is 1.45. The van der Waals surface area contributed by atoms with Crippen molar-refractivity contribution in [3.63, 3.8) is 0 Å². The molecule has 0 bridgehead atoms. The zero-order valence-electron chi connectivity index (χ0n) is 21.0. The Hall–Kier alpha value is -2.26. The minimum atomic E-state index is -0.616. The number of carbonyl (C=O) groups is 1. The van der Waals surface area contributed by atoms with Gasteiger partial charge in [-0.05, 0) is 59.7 Å². The highest BCUT2D eigenvalue weighted by Gasteiger charge is 2.59. The van der Waals surface area contributed by atoms with E-state index in [0.717, 1.165) is 40.4 Å². The minimum Gasteiger partial charge on any atom is -0.497 e. The fourth-order valence-corrected chi connectivity index (χ4v) is 8.24. The van der Waals surface area contributed by atoms with Crippen molar-refractivity contribution in [2.75, 3.05) is 13.7 Å². The summed E-state index contributed by atoms with van der Waals surface area (Å²) in [6.45, 7) is 4.63. The van der Waals surface area contributed by atoms with Gasteiger partial charge in [0.25, 0.3) is 0 Å². The van der Waals surface area contributed by atoms with Crippen molar-refractivity contribution in [1.82, 2.24) is 10.3 Å². The van der Waals surface area contributed by atoms with Crippen molar-refractivity contribution >= 4 is 28.6 Å². The molecule has 2 aliphatic rings. The first-order valence-corrected chi connectivity index (χ1v) is 14.2. The van der Waals surface area contributed by atoms with E-state index in [1.54, 1.807) is 29.8 Å². The van der Waals surface area contributed by atoms with Crippen LogP contribution >= 0.6 is 22.7 Å². The van der Waals surface area contributed by atoms with E-state index in [-0.39, 0.29) is 29.8 Å². The number of hydrogen-bond donors (Lipinski definition) is 3. The van der Waals surface area contributed by atoms with Gasteiger partial charge in [0.1, 0.15) is 10.8 Å². The SMILES string of the molecule is COc1ccc(CNC(=O)CC2c3nc(-c4ccsc4)sc3CC3C(C)(CO)C(O)CCC23C)cc1. The van der Waals surface area contributed by atoms with Gasteiger partial charge in [0, 0.05) is 40.1 Å². The van der Waals surface area contributed by atoms with Gasteiger partial charge in [0.15, 0.2) is 0 Å². The Morgan fingerprint density at radius 1 is 1.25 bits per heavy atom. The van der Waals surface area contributed by atoms with Crippen LogP contribution in [0.25, 0.3) is 10.6 Å². The Kier molecular flexibility index (Phi) is 6.98. The molecular weight excluding hydrogens is 492 g/mol. The lowest BCUT2D eigenvalue weighted by Gasteiger charge is -2.58. The Bertz CT molecular complexity index is 1210. The van der Waals surface area contributed by atoms with Crippen LogP contribution < -0.4 is 10.1 Å². The summed E-state index contributed by atoms with van der Waals surface area (Å²) < 4.78 is 5.22. The molecule has 1 amide bonds. The molecule has 36 heavy (non-hydrogen) atoms. The zero-order valence-corrected chi connectivity index (χ0v) is 22.6. The quantitative estimate of drug-likeness (QED) is 0.403. The number of benzene rings is 1. The monoisotopic (exact) mass is 526 g/mol. The van der Waals surface area contributed by atoms with E-state index in [4.69, 9.17) is 9.72 Å². The summed E-state index contributed by atoms with van der Waals surface area (Å²) in [7, 11) is 1.64. The van der Waals surface area contributed by atoms with E-state index in [1.807, 2.05) is 31.2 Å². The third-order valence-electron chi connectivity index (χ3n) is 8.70. The first-order chi connectivity index (χ1) is 17.3. The van der Waals surface area contributed by atoms with E-state index in [2.05, 4.69) is 29.1 Å². The van der Waals surface area contributed by atoms with Crippen LogP contribution in [-0.4, -0.2) is 40.9 Å². The van der Waals surface area contributed by atoms with E-state index in [9.17, 15) is 15.0 Å². The van der Waals surface area contributed by atoms with Crippen molar-refractivity contribution in [2.45, 2.75) is 58.1 Å². The summed E-state index contributed by atoms with van der Waals surface area (Å²) in [4.78, 5) is 19.6. The van der Waals surface area contributed by atoms with Gasteiger partial charge >= 0.3 is 0 Å². The lowest BCUT2D eigenvalue weighted by molar-refractivity contribution is -0.144. The smallest absolute Gasteiger partial charge is 0.220 e. The Labute approximate surface area is 220 Å². The third kappa shape index (κ3) is 4.38. The molecule has 1 aromatic carbocycles. The van der Waals surface area contributed by atoms with E-state index in [1.165, 1.54) is 4.88 Å². The van der Waals surface area contributed by atoms with Gasteiger partial charge in [-0.3, -0.25) is 4.79 Å². The predicted octanol–water partition coefficient (Wildman–Crippen LogP) is 5.00. The van der Waals surface area contributed by atoms with E-state index >= 15 is 0 Å². The molecule has 2 aliphatic carbocycles. The fraction of sp³-hybridized carbons (Fsp3) is 0.500. The molecule has 0 spiro atoms. The molecule has 0 saturated heterocycles. The highest BCUT2D eigenvalue weighted by molar-refractivity contribution is 7.15. The fourth-order valence-electron chi connectivity index (χ4n) is 6.36. The molecule has 2 heterocycles. The number of hydrogen-bond acceptors (Lipinski definition) is 7. The maximum atomic E-state index is 13.3. The first-order valence-electron chi connectivity index (χ1n) is 12.5. The number of aromatic nitrogens is 1. The molecule has 1 fully saturated rings. The summed E-state index contributed by atoms with van der Waals surface area (Å²) in [5, 5.41) is 29.6. The third-order valence-corrected chi connectivity index (χ3v) is 10.5. The number of amides is 1. The molecular formula is C28H34N2O4S2. The molecule has 0 radical (unpaired) electrons. The van der Waals surface area contributed by atoms with Crippen LogP contribution in [0.2, 0.25) is 0 Å². The standard InChI is InChI=1S/C28H34N2O4S2/c1-27-10-8-23(32)28(2,16-31)22(27)13-21-25(30-26(36-21)18-9-11-35-15-18)20(27)12-24(33)29-14-17-4-6-19(34-3)7-5-17/h4-7,9,11,15,20,22-23,31-32H,8,10,12-14,16H2,1-3H3,(H,29,33). The minimum absolute atomic E-state index is 0.00875. The van der Waals surface area contributed by atoms with Crippen molar-refractivity contribution in [1.29, 1.82) is 0 Å². The second-order valence-corrected chi connectivity index (χ2v) is 12.6. The molecule has 8 heteroatoms. The number of nitrogens with zero attached hydrogens (tertiary/aromatic N) is 1. The van der Waals surface area contributed by atoms with Gasteiger partial charge in [0.2, 0.25) is 5.91 Å². The maximum Gasteiger partial charge on any atom is 0.220 e. The van der Waals surface area contributed by atoms with Crippen LogP contribution in [0.15, 0.2) is 41.1 Å². The summed E-state index contributed by atoms with van der Waals surface area (Å²) in [5.41, 5.74) is 2.28. The van der Waals surface area contributed by atoms with Crippen LogP contribution in [0.4, 0.5) is 0 Å². The summed E-state index contributed by atoms with van der Waals surface area (Å²) in [6.07, 6.45) is 1.96. The van der Waals surface area contributed by atoms with Gasteiger partial charge in [0.05, 0.1) is 25.5 Å². The van der Waals surface area contributed by atoms with E-state index < -0.39 is 11.5 Å². The molecule has 2 aromatic heterocycles. The topological polar surface area (TPSA) is 91.7 Å². The summed E-state index contributed by atoms with van der Waals surface area (Å²) >= 11 is 3.34. The van der Waals surface area contributed by atoms with Gasteiger partial charge in [-0.15, -0.1) is 11.3 Å². The number of aliphatic hydroxyl groups is 2. The van der Waals surface area contributed by atoms with E-state index in [0.29, 0.717) is 19.4 Å². The molecule has 192 valence electrons. The van der Waals surface area contributed by atoms with Crippen LogP contribution in [0.3, 0.4) is 0 Å². The Morgan fingerprint density at radius 3 is 2.69 bits per heavy atom. The molecule has 5 atom stereocenters. The lowest BCUT2D eigenvalue weighted by Crippen LogP contribution is -2.57. The second-order valence-electron chi connectivity index (χ2n) is 10.7. The largest absolute Gasteiger partial charge is 0.497 e. The van der Waals surface area contributed by atoms with Crippen LogP contribution in [0.1, 0.15) is 55.2 Å². The number of thiazole rings is 1. The van der Waals surface area contributed by atoms with Gasteiger partial charge < -0.3 is 20.3 Å². The molecule has 6 nitrogen and oxygen atoms in total. The number of carbonyl (C=O) groups excluding carboxylic acids is 1. The number of methoxy groups -OCH3 is 1. The number of fused-ring (bicyclic) bond motifs is 2. The summed E-state index contributed by atoms with van der Waals surface area (Å²) in [5.74, 6) is 0.756. The summed E-state index contributed by atoms with van der Waals surface area (Å²) in [6, 6.07) is 9.79. The number of ether oxygens (including phenoxy) is 1. The molecule has 5 rings (SSSR count). The predicted molar refractivity (Wildman–Crippen MR) is 143 cm³/mol. The average molecular weight is 527 g/mol. The highest BCUT2D eigenvalue weighted by atomic mass is 32.1. The van der Waals surface area contributed by atoms with Crippen LogP contribution in [-0.2, 0) is 17.8 Å². The molecule has 3 N–H and O–H groups in total. The second kappa shape index (κ2) is 9.89. The normalized spacial score (nSPS) is 29.3. The molecule has 5 unspecified atom stereocenters. The van der Waals surface area contributed by atoms with Crippen molar-refractivity contribution in [3.8, 4) is 16.3 Å². The zero-order chi connectivity index (χ0) is 25.5. The maximum absolute atomic E-state index is 13.3. The molecule has 1 saturated carbocycles. The Morgan fingerprint density at radius 2 is 2.03 bits per heavy atom. The first kappa shape index (κ1) is 25.4.